The lowest BCUT2D eigenvalue weighted by Crippen LogP contribution is -2.38. The third kappa shape index (κ3) is 4.56. The number of nitro groups is 1. The second kappa shape index (κ2) is 9.81. The molecule has 1 saturated heterocycles. The first-order chi connectivity index (χ1) is 18.9. The molecule has 2 aliphatic rings. The average Bonchev–Trinajstić information content (AvgIpc) is 3.49. The summed E-state index contributed by atoms with van der Waals surface area (Å²) in [6.07, 6.45) is -9.22. The van der Waals surface area contributed by atoms with E-state index in [9.17, 15) is 32.5 Å². The van der Waals surface area contributed by atoms with Crippen molar-refractivity contribution in [2.24, 2.45) is 0 Å². The Morgan fingerprint density at radius 1 is 1.18 bits per heavy atom. The van der Waals surface area contributed by atoms with Gasteiger partial charge in [0.05, 0.1) is 52.7 Å². The number of nitriles is 1. The fourth-order valence-electron chi connectivity index (χ4n) is 4.49. The molecule has 10 nitrogen and oxygen atoms in total. The van der Waals surface area contributed by atoms with Gasteiger partial charge in [-0.2, -0.15) is 18.4 Å². The van der Waals surface area contributed by atoms with Crippen molar-refractivity contribution < 1.29 is 50.6 Å². The number of carbonyl (C=O) groups is 1. The van der Waals surface area contributed by atoms with Crippen LogP contribution in [0.3, 0.4) is 0 Å². The van der Waals surface area contributed by atoms with Crippen molar-refractivity contribution in [3.63, 3.8) is 0 Å². The van der Waals surface area contributed by atoms with Gasteiger partial charge in [0, 0.05) is 18.2 Å². The highest BCUT2D eigenvalue weighted by Gasteiger charge is 2.64. The lowest BCUT2D eigenvalue weighted by atomic mass is 10.0. The number of hydrogen-bond acceptors (Lipinski definition) is 9. The number of aromatic nitrogens is 1. The second-order valence-electron chi connectivity index (χ2n) is 8.54. The van der Waals surface area contributed by atoms with Crippen LogP contribution >= 0.6 is 0 Å². The Hall–Kier alpha value is -4.68. The van der Waals surface area contributed by atoms with Crippen molar-refractivity contribution in [1.29, 1.82) is 5.26 Å². The van der Waals surface area contributed by atoms with Gasteiger partial charge in [0.15, 0.2) is 23.7 Å². The van der Waals surface area contributed by atoms with Crippen molar-refractivity contribution in [3.05, 3.63) is 92.5 Å². The van der Waals surface area contributed by atoms with Crippen LogP contribution in [0.1, 0.15) is 38.8 Å². The van der Waals surface area contributed by atoms with Crippen LogP contribution in [-0.2, 0) is 26.2 Å². The minimum absolute atomic E-state index is 0.185. The minimum atomic E-state index is -5.14. The third-order valence-corrected chi connectivity index (χ3v) is 6.11. The third-order valence-electron chi connectivity index (χ3n) is 6.11. The highest BCUT2D eigenvalue weighted by Crippen LogP contribution is 2.57. The van der Waals surface area contributed by atoms with E-state index in [1.165, 1.54) is 0 Å². The van der Waals surface area contributed by atoms with E-state index in [4.69, 9.17) is 24.2 Å². The number of esters is 1. The molecule has 3 aromatic rings. The van der Waals surface area contributed by atoms with Gasteiger partial charge in [0.25, 0.3) is 5.69 Å². The van der Waals surface area contributed by atoms with Gasteiger partial charge in [-0.25, -0.2) is 18.6 Å². The molecule has 0 radical (unpaired) electrons. The molecule has 0 saturated carbocycles. The monoisotopic (exact) mass is 563 g/mol. The van der Waals surface area contributed by atoms with Crippen molar-refractivity contribution in [2.45, 2.75) is 24.2 Å². The van der Waals surface area contributed by atoms with E-state index in [1.807, 2.05) is 0 Å². The number of nitrogens with zero attached hydrogens (tertiary/aromatic N) is 3. The van der Waals surface area contributed by atoms with E-state index in [-0.39, 0.29) is 35.8 Å². The van der Waals surface area contributed by atoms with Gasteiger partial charge in [0.1, 0.15) is 11.6 Å². The SMILES string of the molecule is N#Cc1cc(F)cc(Oc2cnc(C(F)(F)F)c3c2[C@H](OC(=O)c2ccc([N+](=O)[O-])cc2)[C@@H](F)C32OCCO2)c1. The second-order valence-corrected chi connectivity index (χ2v) is 8.54. The predicted octanol–water partition coefficient (Wildman–Crippen LogP) is 5.26. The molecular weight excluding hydrogens is 549 g/mol. The summed E-state index contributed by atoms with van der Waals surface area (Å²) in [6.45, 7) is -0.610. The van der Waals surface area contributed by atoms with E-state index in [0.29, 0.717) is 6.20 Å². The lowest BCUT2D eigenvalue weighted by molar-refractivity contribution is -0.384. The molecular formula is C25H14F5N3O7. The highest BCUT2D eigenvalue weighted by molar-refractivity contribution is 5.90. The Balaban J connectivity index is 1.65. The summed E-state index contributed by atoms with van der Waals surface area (Å²) in [4.78, 5) is 26.5. The van der Waals surface area contributed by atoms with Gasteiger partial charge < -0.3 is 18.9 Å². The normalized spacial score (nSPS) is 19.2. The molecule has 2 heterocycles. The summed E-state index contributed by atoms with van der Waals surface area (Å²) in [5, 5.41) is 20.0. The maximum Gasteiger partial charge on any atom is 0.433 e. The topological polar surface area (TPSA) is 134 Å². The first-order valence-corrected chi connectivity index (χ1v) is 11.3. The number of carbonyl (C=O) groups excluding carboxylic acids is 1. The zero-order valence-electron chi connectivity index (χ0n) is 19.8. The summed E-state index contributed by atoms with van der Waals surface area (Å²) < 4.78 is 93.9. The van der Waals surface area contributed by atoms with E-state index in [2.05, 4.69) is 4.98 Å². The maximum absolute atomic E-state index is 16.1. The summed E-state index contributed by atoms with van der Waals surface area (Å²) in [5.74, 6) is -5.72. The summed E-state index contributed by atoms with van der Waals surface area (Å²) in [5.41, 5.74) is -3.98. The maximum atomic E-state index is 16.1. The van der Waals surface area contributed by atoms with E-state index in [0.717, 1.165) is 42.5 Å². The Morgan fingerprint density at radius 2 is 1.85 bits per heavy atom. The quantitative estimate of drug-likeness (QED) is 0.176. The molecule has 2 atom stereocenters. The molecule has 5 rings (SSSR count). The minimum Gasteiger partial charge on any atom is -0.455 e. The zero-order chi connectivity index (χ0) is 28.8. The van der Waals surface area contributed by atoms with Gasteiger partial charge in [0.2, 0.25) is 5.79 Å². The summed E-state index contributed by atoms with van der Waals surface area (Å²) >= 11 is 0. The highest BCUT2D eigenvalue weighted by atomic mass is 19.4. The lowest BCUT2D eigenvalue weighted by Gasteiger charge is -2.27. The van der Waals surface area contributed by atoms with Crippen LogP contribution in [0.2, 0.25) is 0 Å². The molecule has 1 aliphatic heterocycles. The molecule has 0 unspecified atom stereocenters. The predicted molar refractivity (Wildman–Crippen MR) is 120 cm³/mol. The number of ether oxygens (including phenoxy) is 4. The fraction of sp³-hybridized carbons (Fsp3) is 0.240. The first-order valence-electron chi connectivity index (χ1n) is 11.3. The van der Waals surface area contributed by atoms with E-state index >= 15 is 4.39 Å². The molecule has 0 bridgehead atoms. The number of alkyl halides is 4. The van der Waals surface area contributed by atoms with Gasteiger partial charge >= 0.3 is 12.1 Å². The number of pyridine rings is 1. The number of halogens is 5. The number of hydrogen-bond donors (Lipinski definition) is 0. The molecule has 40 heavy (non-hydrogen) atoms. The summed E-state index contributed by atoms with van der Waals surface area (Å²) in [7, 11) is 0. The molecule has 15 heteroatoms. The standard InChI is InChI=1S/C25H14F5N3O7/c26-14-7-12(10-31)8-16(9-14)39-17-11-32-22(25(28,29)30)19-18(17)20(21(27)24(19)37-5-6-38-24)40-23(34)13-1-3-15(4-2-13)33(35)36/h1-4,7-9,11,20-21H,5-6H2/t20-,21+/m0/s1. The van der Waals surface area contributed by atoms with Gasteiger partial charge in [-0.1, -0.05) is 0 Å². The largest absolute Gasteiger partial charge is 0.455 e. The van der Waals surface area contributed by atoms with Crippen molar-refractivity contribution >= 4 is 11.7 Å². The average molecular weight is 563 g/mol. The molecule has 1 fully saturated rings. The van der Waals surface area contributed by atoms with E-state index in [1.54, 1.807) is 6.07 Å². The van der Waals surface area contributed by atoms with Crippen LogP contribution in [0.25, 0.3) is 0 Å². The van der Waals surface area contributed by atoms with E-state index < -0.39 is 63.5 Å². The fourth-order valence-corrected chi connectivity index (χ4v) is 4.49. The molecule has 1 aromatic heterocycles. The van der Waals surface area contributed by atoms with Gasteiger partial charge in [-0.15, -0.1) is 0 Å². The van der Waals surface area contributed by atoms with Crippen LogP contribution in [-0.4, -0.2) is 35.3 Å². The Kier molecular flexibility index (Phi) is 6.60. The van der Waals surface area contributed by atoms with Gasteiger partial charge in [-0.05, 0) is 24.3 Å². The van der Waals surface area contributed by atoms with Crippen molar-refractivity contribution in [3.8, 4) is 17.6 Å². The van der Waals surface area contributed by atoms with Crippen molar-refractivity contribution in [1.82, 2.24) is 4.98 Å². The zero-order valence-corrected chi connectivity index (χ0v) is 19.8. The molecule has 0 amide bonds. The number of rotatable bonds is 5. The Bertz CT molecular complexity index is 1550. The Morgan fingerprint density at radius 3 is 2.45 bits per heavy atom. The summed E-state index contributed by atoms with van der Waals surface area (Å²) in [6, 6.07) is 8.46. The number of fused-ring (bicyclic) bond motifs is 2. The number of nitro benzene ring substituents is 1. The molecule has 206 valence electrons. The number of non-ortho nitro benzene ring substituents is 1. The molecule has 1 spiro atoms. The van der Waals surface area contributed by atoms with Crippen LogP contribution < -0.4 is 4.74 Å². The van der Waals surface area contributed by atoms with Crippen LogP contribution in [0.15, 0.2) is 48.7 Å². The molecule has 1 aliphatic carbocycles. The van der Waals surface area contributed by atoms with Crippen LogP contribution in [0.5, 0.6) is 11.5 Å². The smallest absolute Gasteiger partial charge is 0.433 e. The van der Waals surface area contributed by atoms with Gasteiger partial charge in [-0.3, -0.25) is 10.1 Å². The van der Waals surface area contributed by atoms with Crippen LogP contribution in [0.4, 0.5) is 27.6 Å². The Labute approximate surface area is 220 Å². The molecule has 2 aromatic carbocycles. The van der Waals surface area contributed by atoms with Crippen molar-refractivity contribution in [2.75, 3.05) is 13.2 Å². The number of benzene rings is 2. The molecule has 0 N–H and O–H groups in total. The first kappa shape index (κ1) is 26.9. The van der Waals surface area contributed by atoms with Crippen LogP contribution in [0, 0.1) is 27.3 Å².